The number of nitrogens with one attached hydrogen (secondary N) is 2. The van der Waals surface area contributed by atoms with Gasteiger partial charge >= 0.3 is 0 Å². The Hall–Kier alpha value is -3.88. The fourth-order valence-corrected chi connectivity index (χ4v) is 2.90. The molecule has 0 aliphatic carbocycles. The smallest absolute Gasteiger partial charge is 0.231 e. The number of hydrogen-bond acceptors (Lipinski definition) is 9. The molecule has 2 heterocycles. The Balaban J connectivity index is 1.50. The number of rotatable bonds is 7. The zero-order chi connectivity index (χ0) is 20.2. The first-order valence-electron chi connectivity index (χ1n) is 8.90. The van der Waals surface area contributed by atoms with Crippen LogP contribution in [0.2, 0.25) is 0 Å². The minimum Gasteiger partial charge on any atom is -0.497 e. The zero-order valence-electron chi connectivity index (χ0n) is 16.1. The quantitative estimate of drug-likeness (QED) is 0.555. The Morgan fingerprint density at radius 1 is 1.00 bits per heavy atom. The SMILES string of the molecule is COc1ccc(Nc2ncnc(NCc3ccc4c(c3)OCO4)c2N)c(OC)c1. The van der Waals surface area contributed by atoms with E-state index in [9.17, 15) is 0 Å². The van der Waals surface area contributed by atoms with Crippen molar-refractivity contribution in [3.05, 3.63) is 48.3 Å². The molecule has 0 spiro atoms. The number of methoxy groups -OCH3 is 2. The van der Waals surface area contributed by atoms with Crippen LogP contribution in [0.15, 0.2) is 42.7 Å². The van der Waals surface area contributed by atoms with Crippen LogP contribution in [-0.2, 0) is 6.54 Å². The molecule has 4 N–H and O–H groups in total. The highest BCUT2D eigenvalue weighted by Gasteiger charge is 2.14. The summed E-state index contributed by atoms with van der Waals surface area (Å²) in [5, 5.41) is 6.41. The summed E-state index contributed by atoms with van der Waals surface area (Å²) in [6.45, 7) is 0.762. The lowest BCUT2D eigenvalue weighted by atomic mass is 10.2. The maximum atomic E-state index is 6.27. The van der Waals surface area contributed by atoms with Crippen molar-refractivity contribution in [1.82, 2.24) is 9.97 Å². The Labute approximate surface area is 167 Å². The van der Waals surface area contributed by atoms with Crippen molar-refractivity contribution >= 4 is 23.0 Å². The Bertz CT molecular complexity index is 1030. The summed E-state index contributed by atoms with van der Waals surface area (Å²) in [7, 11) is 3.18. The summed E-state index contributed by atoms with van der Waals surface area (Å²) < 4.78 is 21.4. The minimum absolute atomic E-state index is 0.245. The van der Waals surface area contributed by atoms with Gasteiger partial charge in [-0.25, -0.2) is 9.97 Å². The van der Waals surface area contributed by atoms with Gasteiger partial charge < -0.3 is 35.3 Å². The van der Waals surface area contributed by atoms with Crippen LogP contribution in [0.25, 0.3) is 0 Å². The van der Waals surface area contributed by atoms with E-state index in [0.29, 0.717) is 41.1 Å². The molecule has 1 aromatic heterocycles. The van der Waals surface area contributed by atoms with Gasteiger partial charge in [-0.3, -0.25) is 0 Å². The van der Waals surface area contributed by atoms with Crippen LogP contribution >= 0.6 is 0 Å². The van der Waals surface area contributed by atoms with E-state index in [2.05, 4.69) is 20.6 Å². The van der Waals surface area contributed by atoms with Gasteiger partial charge in [-0.15, -0.1) is 0 Å². The largest absolute Gasteiger partial charge is 0.497 e. The van der Waals surface area contributed by atoms with Crippen LogP contribution < -0.4 is 35.3 Å². The third kappa shape index (κ3) is 3.88. The van der Waals surface area contributed by atoms with E-state index in [4.69, 9.17) is 24.7 Å². The summed E-state index contributed by atoms with van der Waals surface area (Å²) in [6, 6.07) is 11.2. The van der Waals surface area contributed by atoms with Crippen molar-refractivity contribution in [1.29, 1.82) is 0 Å². The van der Waals surface area contributed by atoms with Crippen molar-refractivity contribution in [3.8, 4) is 23.0 Å². The molecule has 3 aromatic rings. The van der Waals surface area contributed by atoms with E-state index in [1.807, 2.05) is 30.3 Å². The summed E-state index contributed by atoms with van der Waals surface area (Å²) in [5.74, 6) is 3.76. The van der Waals surface area contributed by atoms with Gasteiger partial charge in [0.15, 0.2) is 23.1 Å². The van der Waals surface area contributed by atoms with E-state index in [1.54, 1.807) is 20.3 Å². The van der Waals surface area contributed by atoms with Gasteiger partial charge in [0.05, 0.1) is 19.9 Å². The number of nitrogen functional groups attached to an aromatic ring is 1. The molecule has 0 bridgehead atoms. The molecule has 0 saturated heterocycles. The summed E-state index contributed by atoms with van der Waals surface area (Å²) >= 11 is 0. The topological polar surface area (TPSA) is 113 Å². The van der Waals surface area contributed by atoms with E-state index in [-0.39, 0.29) is 6.79 Å². The van der Waals surface area contributed by atoms with Crippen molar-refractivity contribution in [2.24, 2.45) is 0 Å². The predicted molar refractivity (Wildman–Crippen MR) is 109 cm³/mol. The van der Waals surface area contributed by atoms with Crippen LogP contribution in [0.4, 0.5) is 23.0 Å². The Morgan fingerprint density at radius 2 is 1.83 bits per heavy atom. The average molecular weight is 395 g/mol. The molecule has 2 aromatic carbocycles. The second-order valence-electron chi connectivity index (χ2n) is 6.22. The lowest BCUT2D eigenvalue weighted by Gasteiger charge is -2.15. The summed E-state index contributed by atoms with van der Waals surface area (Å²) in [5.41, 5.74) is 8.39. The van der Waals surface area contributed by atoms with Gasteiger partial charge in [0, 0.05) is 12.6 Å². The second-order valence-corrected chi connectivity index (χ2v) is 6.22. The summed E-state index contributed by atoms with van der Waals surface area (Å²) in [6.07, 6.45) is 1.44. The van der Waals surface area contributed by atoms with Crippen molar-refractivity contribution in [2.45, 2.75) is 6.54 Å². The van der Waals surface area contributed by atoms with E-state index < -0.39 is 0 Å². The Kier molecular flexibility index (Phi) is 5.10. The molecule has 0 saturated carbocycles. The van der Waals surface area contributed by atoms with Crippen LogP contribution in [0, 0.1) is 0 Å². The van der Waals surface area contributed by atoms with Gasteiger partial charge in [-0.2, -0.15) is 0 Å². The van der Waals surface area contributed by atoms with Crippen LogP contribution in [0.1, 0.15) is 5.56 Å². The van der Waals surface area contributed by atoms with Gasteiger partial charge in [0.2, 0.25) is 6.79 Å². The number of hydrogen-bond donors (Lipinski definition) is 3. The highest BCUT2D eigenvalue weighted by molar-refractivity contribution is 5.79. The van der Waals surface area contributed by atoms with Gasteiger partial charge in [0.1, 0.15) is 23.5 Å². The number of nitrogens with zero attached hydrogens (tertiary/aromatic N) is 2. The van der Waals surface area contributed by atoms with Crippen molar-refractivity contribution < 1.29 is 18.9 Å². The fourth-order valence-electron chi connectivity index (χ4n) is 2.90. The monoisotopic (exact) mass is 395 g/mol. The van der Waals surface area contributed by atoms with Crippen molar-refractivity contribution in [3.63, 3.8) is 0 Å². The van der Waals surface area contributed by atoms with E-state index in [1.165, 1.54) is 6.33 Å². The van der Waals surface area contributed by atoms with Crippen LogP contribution in [0.5, 0.6) is 23.0 Å². The molecule has 1 aliphatic heterocycles. The second kappa shape index (κ2) is 8.01. The van der Waals surface area contributed by atoms with Gasteiger partial charge in [-0.1, -0.05) is 6.07 Å². The molecule has 150 valence electrons. The van der Waals surface area contributed by atoms with E-state index >= 15 is 0 Å². The minimum atomic E-state index is 0.245. The molecule has 0 amide bonds. The molecular weight excluding hydrogens is 374 g/mol. The fraction of sp³-hybridized carbons (Fsp3) is 0.200. The number of aromatic nitrogens is 2. The highest BCUT2D eigenvalue weighted by Crippen LogP contribution is 2.35. The molecule has 0 radical (unpaired) electrons. The first kappa shape index (κ1) is 18.5. The molecule has 9 heteroatoms. The van der Waals surface area contributed by atoms with Crippen molar-refractivity contribution in [2.75, 3.05) is 37.4 Å². The predicted octanol–water partition coefficient (Wildman–Crippen LogP) is 3.16. The third-order valence-corrected chi connectivity index (χ3v) is 4.44. The molecule has 29 heavy (non-hydrogen) atoms. The maximum absolute atomic E-state index is 6.27. The molecule has 0 fully saturated rings. The number of anilines is 4. The number of fused-ring (bicyclic) bond motifs is 1. The molecule has 0 unspecified atom stereocenters. The molecular formula is C20H21N5O4. The van der Waals surface area contributed by atoms with E-state index in [0.717, 1.165) is 17.1 Å². The normalized spacial score (nSPS) is 11.8. The molecule has 1 aliphatic rings. The highest BCUT2D eigenvalue weighted by atomic mass is 16.7. The maximum Gasteiger partial charge on any atom is 0.231 e. The van der Waals surface area contributed by atoms with Gasteiger partial charge in [-0.05, 0) is 29.8 Å². The van der Waals surface area contributed by atoms with Crippen LogP contribution in [0.3, 0.4) is 0 Å². The lowest BCUT2D eigenvalue weighted by Crippen LogP contribution is -2.08. The molecule has 0 atom stereocenters. The zero-order valence-corrected chi connectivity index (χ0v) is 16.1. The summed E-state index contributed by atoms with van der Waals surface area (Å²) in [4.78, 5) is 8.49. The standard InChI is InChI=1S/C20H21N5O4/c1-26-13-4-5-14(16(8-13)27-2)25-20-18(21)19(23-10-24-20)22-9-12-3-6-15-17(7-12)29-11-28-15/h3-8,10H,9,11,21H2,1-2H3,(H2,22,23,24,25). The number of ether oxygens (including phenoxy) is 4. The van der Waals surface area contributed by atoms with Crippen LogP contribution in [-0.4, -0.2) is 31.0 Å². The Morgan fingerprint density at radius 3 is 2.66 bits per heavy atom. The van der Waals surface area contributed by atoms with Gasteiger partial charge in [0.25, 0.3) is 0 Å². The average Bonchev–Trinajstić information content (AvgIpc) is 3.22. The first-order chi connectivity index (χ1) is 14.2. The number of nitrogens with two attached hydrogens (primary N) is 1. The number of benzene rings is 2. The molecule has 9 nitrogen and oxygen atoms in total. The molecule has 4 rings (SSSR count). The third-order valence-electron chi connectivity index (χ3n) is 4.44. The first-order valence-corrected chi connectivity index (χ1v) is 8.90. The lowest BCUT2D eigenvalue weighted by molar-refractivity contribution is 0.174.